The van der Waals surface area contributed by atoms with Crippen LogP contribution in [-0.2, 0) is 9.53 Å². The molecule has 5 aliphatic rings. The second-order valence-electron chi connectivity index (χ2n) is 18.1. The fraction of sp³-hybridized carbons (Fsp3) is 0.800. The van der Waals surface area contributed by atoms with Gasteiger partial charge in [-0.15, -0.1) is 0 Å². The van der Waals surface area contributed by atoms with Gasteiger partial charge in [0.2, 0.25) is 0 Å². The number of allylic oxidation sites excluding steroid dienone is 1. The van der Waals surface area contributed by atoms with Gasteiger partial charge in [0.15, 0.2) is 12.4 Å². The summed E-state index contributed by atoms with van der Waals surface area (Å²) in [5, 5.41) is 11.1. The Hall–Kier alpha value is -1.88. The molecule has 11 atom stereocenters. The minimum Gasteiger partial charge on any atom is -0.460 e. The summed E-state index contributed by atoms with van der Waals surface area (Å²) in [6.07, 6.45) is 15.7. The molecule has 0 radical (unpaired) electrons. The van der Waals surface area contributed by atoms with E-state index in [1.807, 2.05) is 38.0 Å². The number of carbonyl (C=O) groups excluding carboxylic acids is 1. The number of aliphatic hydroxyl groups is 1. The molecule has 5 aliphatic carbocycles. The van der Waals surface area contributed by atoms with Crippen LogP contribution in [0.3, 0.4) is 0 Å². The van der Waals surface area contributed by atoms with Crippen molar-refractivity contribution in [2.45, 2.75) is 125 Å². The minimum atomic E-state index is -0.355. The van der Waals surface area contributed by atoms with Crippen molar-refractivity contribution >= 4 is 11.7 Å². The van der Waals surface area contributed by atoms with Crippen molar-refractivity contribution in [3.8, 4) is 0 Å². The Balaban J connectivity index is 1.26. The molecule has 45 heavy (non-hydrogen) atoms. The zero-order valence-electron chi connectivity index (χ0n) is 30.0. The number of esters is 1. The summed E-state index contributed by atoms with van der Waals surface area (Å²) in [4.78, 5) is 15.6. The number of hydrogen-bond donors (Lipinski definition) is 1. The third kappa shape index (κ3) is 4.78. The molecular weight excluding hydrogens is 556 g/mol. The Bertz CT molecular complexity index is 1300. The van der Waals surface area contributed by atoms with E-state index in [0.29, 0.717) is 36.2 Å². The maximum absolute atomic E-state index is 13.5. The lowest BCUT2D eigenvalue weighted by atomic mass is 9.32. The first-order valence-electron chi connectivity index (χ1n) is 18.2. The van der Waals surface area contributed by atoms with E-state index >= 15 is 0 Å². The Morgan fingerprint density at radius 2 is 1.64 bits per heavy atom. The maximum atomic E-state index is 13.5. The number of hydrogen-bond acceptors (Lipinski definition) is 4. The highest BCUT2D eigenvalue weighted by molar-refractivity contribution is 5.72. The van der Waals surface area contributed by atoms with Gasteiger partial charge < -0.3 is 14.7 Å². The van der Waals surface area contributed by atoms with Crippen molar-refractivity contribution in [2.24, 2.45) is 56.7 Å². The Labute approximate surface area is 274 Å². The average Bonchev–Trinajstić information content (AvgIpc) is 3.38. The zero-order valence-corrected chi connectivity index (χ0v) is 30.0. The first-order chi connectivity index (χ1) is 21.0. The van der Waals surface area contributed by atoms with Crippen LogP contribution in [-0.4, -0.2) is 37.9 Å². The molecule has 1 aromatic heterocycles. The molecule has 6 unspecified atom stereocenters. The van der Waals surface area contributed by atoms with Gasteiger partial charge in [-0.05, 0) is 122 Å². The number of rotatable bonds is 6. The first-order valence-corrected chi connectivity index (χ1v) is 18.2. The average molecular weight is 620 g/mol. The van der Waals surface area contributed by atoms with E-state index in [0.717, 1.165) is 31.4 Å². The molecule has 0 amide bonds. The van der Waals surface area contributed by atoms with Crippen LogP contribution in [0.5, 0.6) is 0 Å². The molecule has 0 bridgehead atoms. The van der Waals surface area contributed by atoms with E-state index in [2.05, 4.69) is 65.2 Å². The summed E-state index contributed by atoms with van der Waals surface area (Å²) >= 11 is 0. The van der Waals surface area contributed by atoms with Gasteiger partial charge >= 0.3 is 5.97 Å². The van der Waals surface area contributed by atoms with E-state index in [4.69, 9.17) is 4.74 Å². The first kappa shape index (κ1) is 33.0. The lowest BCUT2D eigenvalue weighted by Gasteiger charge is -2.73. The molecule has 1 aromatic rings. The second-order valence-corrected chi connectivity index (χ2v) is 18.1. The number of ether oxygens (including phenoxy) is 1. The number of pyridine rings is 1. The normalized spacial score (nSPS) is 44.0. The number of nitrogens with zero attached hydrogens (tertiary/aromatic N) is 2. The van der Waals surface area contributed by atoms with Gasteiger partial charge in [-0.25, -0.2) is 4.79 Å². The van der Waals surface area contributed by atoms with E-state index < -0.39 is 0 Å². The van der Waals surface area contributed by atoms with Crippen molar-refractivity contribution < 1.29 is 19.2 Å². The van der Waals surface area contributed by atoms with Crippen molar-refractivity contribution in [3.63, 3.8) is 0 Å². The Morgan fingerprint density at radius 3 is 2.29 bits per heavy atom. The highest BCUT2D eigenvalue weighted by Gasteiger charge is 2.71. The predicted octanol–water partition coefficient (Wildman–Crippen LogP) is 8.16. The molecule has 1 N–H and O–H groups in total. The molecule has 5 saturated carbocycles. The lowest BCUT2D eigenvalue weighted by molar-refractivity contribution is -0.707. The SMILES string of the molecule is C=C(C)C1CC[C@]2(COC(=O)C(C)[n+]3ccc(N(C)C)cc3)CC[C@]3(C)C(CCC4[C@@]5(C)CC[C@H](O)C(C)(C)C5CC[C@]43C)C12. The van der Waals surface area contributed by atoms with Crippen LogP contribution in [0, 0.1) is 56.7 Å². The second kappa shape index (κ2) is 11.1. The minimum absolute atomic E-state index is 0.0159. The Morgan fingerprint density at radius 1 is 0.956 bits per heavy atom. The highest BCUT2D eigenvalue weighted by Crippen LogP contribution is 2.77. The monoisotopic (exact) mass is 619 g/mol. The van der Waals surface area contributed by atoms with Gasteiger partial charge in [-0.1, -0.05) is 46.8 Å². The van der Waals surface area contributed by atoms with Gasteiger partial charge in [-0.3, -0.25) is 0 Å². The van der Waals surface area contributed by atoms with Crippen LogP contribution < -0.4 is 9.47 Å². The van der Waals surface area contributed by atoms with Gasteiger partial charge in [-0.2, -0.15) is 4.57 Å². The summed E-state index contributed by atoms with van der Waals surface area (Å²) in [6, 6.07) is 3.75. The van der Waals surface area contributed by atoms with Crippen LogP contribution in [0.25, 0.3) is 0 Å². The van der Waals surface area contributed by atoms with Crippen LogP contribution in [0.2, 0.25) is 0 Å². The smallest absolute Gasteiger partial charge is 0.375 e. The molecule has 250 valence electrons. The number of anilines is 1. The largest absolute Gasteiger partial charge is 0.460 e. The van der Waals surface area contributed by atoms with Crippen LogP contribution >= 0.6 is 0 Å². The molecule has 0 aliphatic heterocycles. The molecule has 0 saturated heterocycles. The van der Waals surface area contributed by atoms with E-state index in [1.165, 1.54) is 44.1 Å². The molecule has 0 aromatic carbocycles. The number of fused-ring (bicyclic) bond motifs is 7. The fourth-order valence-corrected chi connectivity index (χ4v) is 13.0. The van der Waals surface area contributed by atoms with E-state index in [1.54, 1.807) is 0 Å². The lowest BCUT2D eigenvalue weighted by Crippen LogP contribution is -2.66. The number of carbonyl (C=O) groups is 1. The van der Waals surface area contributed by atoms with Crippen molar-refractivity contribution in [3.05, 3.63) is 36.7 Å². The van der Waals surface area contributed by atoms with Gasteiger partial charge in [0.1, 0.15) is 0 Å². The fourth-order valence-electron chi connectivity index (χ4n) is 13.0. The van der Waals surface area contributed by atoms with Crippen molar-refractivity contribution in [1.82, 2.24) is 0 Å². The van der Waals surface area contributed by atoms with Gasteiger partial charge in [0, 0.05) is 44.3 Å². The summed E-state index contributed by atoms with van der Waals surface area (Å²) in [5.41, 5.74) is 3.31. The van der Waals surface area contributed by atoms with Crippen molar-refractivity contribution in [1.29, 1.82) is 0 Å². The van der Waals surface area contributed by atoms with Gasteiger partial charge in [0.25, 0.3) is 6.04 Å². The Kier molecular flexibility index (Phi) is 8.15. The third-order valence-electron chi connectivity index (χ3n) is 15.9. The zero-order chi connectivity index (χ0) is 32.7. The predicted molar refractivity (Wildman–Crippen MR) is 182 cm³/mol. The molecule has 1 heterocycles. The van der Waals surface area contributed by atoms with E-state index in [9.17, 15) is 9.90 Å². The summed E-state index contributed by atoms with van der Waals surface area (Å²) in [6.45, 7) is 22.0. The standard InChI is InChI=1S/C40H63N2O3/c1-26(2)29-13-20-40(25-45-35(44)27(3)42-23-16-28(17-24-42)41(9)10)22-21-38(7)30(34(29)40)11-12-32-37(6)18-15-33(43)36(4,5)31(37)14-19-39(32,38)8/h16-17,23-24,27,29-34,43H,1,11-15,18-22,25H2,2-10H3/q+1/t27?,29?,30?,31?,32?,33-,34?,37-,38+,39+,40+/m0/s1. The highest BCUT2D eigenvalue weighted by atomic mass is 16.5. The topological polar surface area (TPSA) is 53.7 Å². The molecule has 5 nitrogen and oxygen atoms in total. The third-order valence-corrected chi connectivity index (χ3v) is 15.9. The number of aliphatic hydroxyl groups excluding tert-OH is 1. The van der Waals surface area contributed by atoms with Crippen LogP contribution in [0.15, 0.2) is 36.7 Å². The molecule has 0 spiro atoms. The van der Waals surface area contributed by atoms with Crippen molar-refractivity contribution in [2.75, 3.05) is 25.6 Å². The summed E-state index contributed by atoms with van der Waals surface area (Å²) < 4.78 is 8.32. The quantitative estimate of drug-likeness (QED) is 0.198. The summed E-state index contributed by atoms with van der Waals surface area (Å²) in [5.74, 6) is 2.82. The van der Waals surface area contributed by atoms with E-state index in [-0.39, 0.29) is 45.2 Å². The van der Waals surface area contributed by atoms with Crippen LogP contribution in [0.1, 0.15) is 119 Å². The maximum Gasteiger partial charge on any atom is 0.375 e. The summed E-state index contributed by atoms with van der Waals surface area (Å²) in [7, 11) is 4.06. The van der Waals surface area contributed by atoms with Gasteiger partial charge in [0.05, 0.1) is 12.7 Å². The number of aromatic nitrogens is 1. The molecule has 5 fully saturated rings. The van der Waals surface area contributed by atoms with Crippen LogP contribution in [0.4, 0.5) is 5.69 Å². The molecular formula is C40H63N2O3+. The molecule has 6 rings (SSSR count). The molecule has 5 heteroatoms.